The molecule has 0 atom stereocenters. The second kappa shape index (κ2) is 4.74. The molecule has 0 radical (unpaired) electrons. The fourth-order valence-electron chi connectivity index (χ4n) is 1.24. The molecule has 0 amide bonds. The summed E-state index contributed by atoms with van der Waals surface area (Å²) < 4.78 is 6.59. The third-order valence-corrected chi connectivity index (χ3v) is 1.93. The lowest BCUT2D eigenvalue weighted by Gasteiger charge is -2.06. The fraction of sp³-hybridized carbons (Fsp3) is 0.667. The van der Waals surface area contributed by atoms with E-state index in [1.807, 2.05) is 6.92 Å². The average Bonchev–Trinajstić information content (AvgIpc) is 2.40. The van der Waals surface area contributed by atoms with Crippen LogP contribution in [0, 0.1) is 0 Å². The Morgan fingerprint density at radius 3 is 2.79 bits per heavy atom. The first-order valence-electron chi connectivity index (χ1n) is 4.85. The largest absolute Gasteiger partial charge is 0.491 e. The van der Waals surface area contributed by atoms with Gasteiger partial charge >= 0.3 is 5.69 Å². The molecule has 5 nitrogen and oxygen atoms in total. The lowest BCUT2D eigenvalue weighted by atomic mass is 10.3. The van der Waals surface area contributed by atoms with Crippen LogP contribution < -0.4 is 10.4 Å². The first kappa shape index (κ1) is 10.7. The van der Waals surface area contributed by atoms with Gasteiger partial charge in [0.2, 0.25) is 0 Å². The Kier molecular flexibility index (Phi) is 3.62. The molecule has 0 saturated carbocycles. The van der Waals surface area contributed by atoms with Gasteiger partial charge in [-0.3, -0.25) is 9.55 Å². The van der Waals surface area contributed by atoms with Crippen LogP contribution in [0.15, 0.2) is 4.79 Å². The fourth-order valence-corrected chi connectivity index (χ4v) is 1.24. The van der Waals surface area contributed by atoms with Gasteiger partial charge in [-0.15, -0.1) is 0 Å². The maximum atomic E-state index is 11.3. The quantitative estimate of drug-likeness (QED) is 0.747. The third kappa shape index (κ3) is 2.10. The van der Waals surface area contributed by atoms with E-state index in [0.29, 0.717) is 13.2 Å². The molecule has 5 heteroatoms. The Labute approximate surface area is 82.3 Å². The van der Waals surface area contributed by atoms with Crippen molar-refractivity contribution in [2.24, 2.45) is 0 Å². The number of H-pyrrole nitrogens is 1. The van der Waals surface area contributed by atoms with E-state index in [4.69, 9.17) is 4.74 Å². The number of unbranched alkanes of at least 4 members (excludes halogenated alkanes) is 1. The molecular formula is C9H16N2O3. The number of hydrogen-bond acceptors (Lipinski definition) is 3. The summed E-state index contributed by atoms with van der Waals surface area (Å²) >= 11 is 0. The van der Waals surface area contributed by atoms with Crippen LogP contribution in [0.1, 0.15) is 26.7 Å². The minimum atomic E-state index is -0.320. The van der Waals surface area contributed by atoms with Crippen LogP contribution >= 0.6 is 0 Å². The topological polar surface area (TPSA) is 67.2 Å². The molecule has 1 aromatic heterocycles. The zero-order valence-electron chi connectivity index (χ0n) is 8.54. The highest BCUT2D eigenvalue weighted by molar-refractivity contribution is 5.25. The molecule has 2 N–H and O–H groups in total. The van der Waals surface area contributed by atoms with Crippen molar-refractivity contribution in [3.63, 3.8) is 0 Å². The Bertz CT molecular complexity index is 340. The SMILES string of the molecule is CCCCn1c(OCC)c(O)[nH]c1=O. The summed E-state index contributed by atoms with van der Waals surface area (Å²) in [6, 6.07) is 0. The van der Waals surface area contributed by atoms with Crippen molar-refractivity contribution >= 4 is 0 Å². The zero-order valence-corrected chi connectivity index (χ0v) is 8.54. The number of ether oxygens (including phenoxy) is 1. The summed E-state index contributed by atoms with van der Waals surface area (Å²) in [5.74, 6) is 0.0545. The molecule has 0 aliphatic heterocycles. The summed E-state index contributed by atoms with van der Waals surface area (Å²) in [4.78, 5) is 13.6. The zero-order chi connectivity index (χ0) is 10.6. The van der Waals surface area contributed by atoms with E-state index in [1.165, 1.54) is 4.57 Å². The van der Waals surface area contributed by atoms with Gasteiger partial charge in [-0.2, -0.15) is 0 Å². The van der Waals surface area contributed by atoms with Crippen molar-refractivity contribution in [1.29, 1.82) is 0 Å². The number of aromatic nitrogens is 2. The van der Waals surface area contributed by atoms with Gasteiger partial charge in [0.15, 0.2) is 0 Å². The van der Waals surface area contributed by atoms with Crippen molar-refractivity contribution in [1.82, 2.24) is 9.55 Å². The van der Waals surface area contributed by atoms with E-state index in [9.17, 15) is 9.90 Å². The lowest BCUT2D eigenvalue weighted by Crippen LogP contribution is -2.18. The van der Waals surface area contributed by atoms with E-state index in [2.05, 4.69) is 4.98 Å². The molecule has 1 heterocycles. The highest BCUT2D eigenvalue weighted by Crippen LogP contribution is 2.21. The van der Waals surface area contributed by atoms with Gasteiger partial charge < -0.3 is 9.84 Å². The van der Waals surface area contributed by atoms with Gasteiger partial charge in [0, 0.05) is 6.54 Å². The molecular weight excluding hydrogens is 184 g/mol. The lowest BCUT2D eigenvalue weighted by molar-refractivity contribution is 0.287. The van der Waals surface area contributed by atoms with Crippen LogP contribution in [-0.4, -0.2) is 21.3 Å². The highest BCUT2D eigenvalue weighted by Gasteiger charge is 2.13. The summed E-state index contributed by atoms with van der Waals surface area (Å²) in [7, 11) is 0. The minimum Gasteiger partial charge on any atom is -0.491 e. The number of aromatic hydroxyl groups is 1. The molecule has 0 fully saturated rings. The second-order valence-electron chi connectivity index (χ2n) is 3.02. The summed E-state index contributed by atoms with van der Waals surface area (Å²) in [5.41, 5.74) is -0.320. The molecule has 80 valence electrons. The summed E-state index contributed by atoms with van der Waals surface area (Å²) in [6.45, 7) is 4.84. The maximum Gasteiger partial charge on any atom is 0.331 e. The van der Waals surface area contributed by atoms with Gasteiger partial charge in [-0.05, 0) is 13.3 Å². The molecule has 0 saturated heterocycles. The number of hydrogen-bond donors (Lipinski definition) is 2. The molecule has 14 heavy (non-hydrogen) atoms. The van der Waals surface area contributed by atoms with Crippen molar-refractivity contribution in [2.45, 2.75) is 33.2 Å². The standard InChI is InChI=1S/C9H16N2O3/c1-3-5-6-11-8(14-4-2)7(12)10-9(11)13/h12H,3-6H2,1-2H3,(H,10,13). The smallest absolute Gasteiger partial charge is 0.331 e. The molecule has 0 aliphatic rings. The van der Waals surface area contributed by atoms with Crippen molar-refractivity contribution in [3.05, 3.63) is 10.5 Å². The van der Waals surface area contributed by atoms with Gasteiger partial charge in [0.1, 0.15) is 0 Å². The predicted molar refractivity (Wildman–Crippen MR) is 52.8 cm³/mol. The van der Waals surface area contributed by atoms with E-state index in [0.717, 1.165) is 12.8 Å². The minimum absolute atomic E-state index is 0.187. The summed E-state index contributed by atoms with van der Waals surface area (Å²) in [6.07, 6.45) is 1.88. The van der Waals surface area contributed by atoms with Gasteiger partial charge in [-0.1, -0.05) is 13.3 Å². The highest BCUT2D eigenvalue weighted by atomic mass is 16.5. The monoisotopic (exact) mass is 200 g/mol. The van der Waals surface area contributed by atoms with Crippen LogP contribution in [0.2, 0.25) is 0 Å². The second-order valence-corrected chi connectivity index (χ2v) is 3.02. The molecule has 0 unspecified atom stereocenters. The van der Waals surface area contributed by atoms with Gasteiger partial charge in [0.25, 0.3) is 11.8 Å². The van der Waals surface area contributed by atoms with Crippen molar-refractivity contribution in [2.75, 3.05) is 6.61 Å². The predicted octanol–water partition coefficient (Wildman–Crippen LogP) is 1.08. The Hall–Kier alpha value is -1.39. The average molecular weight is 200 g/mol. The summed E-state index contributed by atoms with van der Waals surface area (Å²) in [5, 5.41) is 9.34. The molecule has 0 bridgehead atoms. The molecule has 0 aliphatic carbocycles. The van der Waals surface area contributed by atoms with Crippen LogP contribution in [0.3, 0.4) is 0 Å². The first-order chi connectivity index (χ1) is 6.70. The van der Waals surface area contributed by atoms with Gasteiger partial charge in [-0.25, -0.2) is 4.79 Å². The Balaban J connectivity index is 2.93. The van der Waals surface area contributed by atoms with Crippen LogP contribution in [-0.2, 0) is 6.54 Å². The van der Waals surface area contributed by atoms with E-state index in [1.54, 1.807) is 6.92 Å². The van der Waals surface area contributed by atoms with Crippen molar-refractivity contribution in [3.8, 4) is 11.8 Å². The molecule has 0 spiro atoms. The van der Waals surface area contributed by atoms with Crippen LogP contribution in [0.4, 0.5) is 0 Å². The molecule has 0 aromatic carbocycles. The number of nitrogens with zero attached hydrogens (tertiary/aromatic N) is 1. The van der Waals surface area contributed by atoms with E-state index < -0.39 is 0 Å². The number of imidazole rings is 1. The van der Waals surface area contributed by atoms with Crippen molar-refractivity contribution < 1.29 is 9.84 Å². The van der Waals surface area contributed by atoms with E-state index >= 15 is 0 Å². The number of rotatable bonds is 5. The Morgan fingerprint density at radius 1 is 1.50 bits per heavy atom. The number of aromatic amines is 1. The first-order valence-corrected chi connectivity index (χ1v) is 4.85. The van der Waals surface area contributed by atoms with Crippen LogP contribution in [0.25, 0.3) is 0 Å². The van der Waals surface area contributed by atoms with E-state index in [-0.39, 0.29) is 17.4 Å². The molecule has 1 rings (SSSR count). The van der Waals surface area contributed by atoms with Crippen LogP contribution in [0.5, 0.6) is 11.8 Å². The third-order valence-electron chi connectivity index (χ3n) is 1.93. The van der Waals surface area contributed by atoms with Gasteiger partial charge in [0.05, 0.1) is 6.61 Å². The Morgan fingerprint density at radius 2 is 2.21 bits per heavy atom. The maximum absolute atomic E-state index is 11.3. The number of nitrogens with one attached hydrogen (secondary N) is 1. The normalized spacial score (nSPS) is 10.4. The molecule has 1 aromatic rings.